The molecule has 0 unspecified atom stereocenters. The lowest BCUT2D eigenvalue weighted by atomic mass is 10.0. The van der Waals surface area contributed by atoms with E-state index in [2.05, 4.69) is 4.74 Å². The molecule has 0 aliphatic heterocycles. The number of esters is 1. The number of rotatable bonds is 2. The van der Waals surface area contributed by atoms with Crippen LogP contribution in [0.4, 0.5) is 36.4 Å². The van der Waals surface area contributed by atoms with E-state index >= 15 is 0 Å². The van der Waals surface area contributed by atoms with Crippen LogP contribution in [0.3, 0.4) is 0 Å². The monoisotopic (exact) mass is 417 g/mol. The second-order valence-corrected chi connectivity index (χ2v) is 5.57. The number of nitrogens with two attached hydrogens (primary N) is 1. The van der Waals surface area contributed by atoms with Crippen molar-refractivity contribution in [3.8, 4) is 11.8 Å². The SMILES string of the molecule is COC(=O)c1c(N)c(C#N)cn1-c1c(F)c(F)c2c(F)c(F)c(F)c(F)c2c1F. The number of fused-ring (bicyclic) bond motifs is 1. The summed E-state index contributed by atoms with van der Waals surface area (Å²) in [6.07, 6.45) is 0.600. The van der Waals surface area contributed by atoms with E-state index in [4.69, 9.17) is 11.0 Å². The lowest BCUT2D eigenvalue weighted by Gasteiger charge is -2.15. The van der Waals surface area contributed by atoms with Gasteiger partial charge in [0, 0.05) is 6.20 Å². The fraction of sp³-hybridized carbons (Fsp3) is 0.0588. The summed E-state index contributed by atoms with van der Waals surface area (Å²) in [7, 11) is 0.853. The predicted octanol–water partition coefficient (Wildman–Crippen LogP) is 3.84. The molecule has 3 aromatic rings. The summed E-state index contributed by atoms with van der Waals surface area (Å²) in [4.78, 5) is 11.9. The van der Waals surface area contributed by atoms with Crippen LogP contribution < -0.4 is 5.73 Å². The van der Waals surface area contributed by atoms with Gasteiger partial charge in [-0.25, -0.2) is 35.5 Å². The van der Waals surface area contributed by atoms with Crippen LogP contribution in [0.1, 0.15) is 16.1 Å². The van der Waals surface area contributed by atoms with Crippen molar-refractivity contribution < 1.29 is 40.3 Å². The van der Waals surface area contributed by atoms with Gasteiger partial charge in [-0.15, -0.1) is 0 Å². The fourth-order valence-electron chi connectivity index (χ4n) is 2.77. The van der Waals surface area contributed by atoms with E-state index in [0.717, 1.165) is 7.11 Å². The molecule has 0 aliphatic carbocycles. The van der Waals surface area contributed by atoms with Gasteiger partial charge in [0.25, 0.3) is 0 Å². The average Bonchev–Trinajstić information content (AvgIpc) is 3.02. The smallest absolute Gasteiger partial charge is 0.357 e. The van der Waals surface area contributed by atoms with E-state index in [0.29, 0.717) is 6.20 Å². The Balaban J connectivity index is 2.58. The van der Waals surface area contributed by atoms with Crippen molar-refractivity contribution in [3.63, 3.8) is 0 Å². The van der Waals surface area contributed by atoms with Gasteiger partial charge in [-0.3, -0.25) is 0 Å². The van der Waals surface area contributed by atoms with Crippen molar-refractivity contribution in [3.05, 3.63) is 58.2 Å². The van der Waals surface area contributed by atoms with Crippen molar-refractivity contribution in [2.75, 3.05) is 12.8 Å². The van der Waals surface area contributed by atoms with E-state index in [1.54, 1.807) is 0 Å². The lowest BCUT2D eigenvalue weighted by Crippen LogP contribution is -2.15. The Morgan fingerprint density at radius 2 is 1.41 bits per heavy atom. The molecule has 2 N–H and O–H groups in total. The molecule has 150 valence electrons. The molecular formula is C17H6F7N3O2. The van der Waals surface area contributed by atoms with Crippen molar-refractivity contribution >= 4 is 22.4 Å². The van der Waals surface area contributed by atoms with Crippen LogP contribution in [0.5, 0.6) is 0 Å². The first-order valence-corrected chi connectivity index (χ1v) is 7.40. The van der Waals surface area contributed by atoms with Gasteiger partial charge in [-0.05, 0) is 0 Å². The third kappa shape index (κ3) is 2.58. The normalized spacial score (nSPS) is 11.0. The molecule has 0 saturated carbocycles. The highest BCUT2D eigenvalue weighted by Gasteiger charge is 2.33. The summed E-state index contributed by atoms with van der Waals surface area (Å²) < 4.78 is 103. The molecule has 1 aromatic heterocycles. The van der Waals surface area contributed by atoms with E-state index in [-0.39, 0.29) is 4.57 Å². The maximum Gasteiger partial charge on any atom is 0.357 e. The summed E-state index contributed by atoms with van der Waals surface area (Å²) in [5, 5.41) is 5.44. The van der Waals surface area contributed by atoms with E-state index in [9.17, 15) is 35.5 Å². The van der Waals surface area contributed by atoms with Crippen LogP contribution in [0.15, 0.2) is 6.20 Å². The second kappa shape index (κ2) is 6.69. The number of hydrogen-bond donors (Lipinski definition) is 1. The minimum Gasteiger partial charge on any atom is -0.464 e. The highest BCUT2D eigenvalue weighted by molar-refractivity contribution is 5.96. The lowest BCUT2D eigenvalue weighted by molar-refractivity contribution is 0.0592. The Kier molecular flexibility index (Phi) is 4.62. The molecule has 0 spiro atoms. The van der Waals surface area contributed by atoms with Gasteiger partial charge in [-0.2, -0.15) is 5.26 Å². The Bertz CT molecular complexity index is 1260. The maximum absolute atomic E-state index is 14.9. The Morgan fingerprint density at radius 1 is 0.931 bits per heavy atom. The number of ether oxygens (including phenoxy) is 1. The molecule has 0 bridgehead atoms. The van der Waals surface area contributed by atoms with Gasteiger partial charge in [-0.1, -0.05) is 0 Å². The highest BCUT2D eigenvalue weighted by atomic mass is 19.2. The first-order chi connectivity index (χ1) is 13.6. The Morgan fingerprint density at radius 3 is 1.90 bits per heavy atom. The number of nitrogens with zero attached hydrogens (tertiary/aromatic N) is 2. The summed E-state index contributed by atoms with van der Waals surface area (Å²) in [5.74, 6) is -17.5. The number of aromatic nitrogens is 1. The largest absolute Gasteiger partial charge is 0.464 e. The summed E-state index contributed by atoms with van der Waals surface area (Å²) in [6, 6.07) is 1.50. The molecule has 1 heterocycles. The molecule has 0 saturated heterocycles. The second-order valence-electron chi connectivity index (χ2n) is 5.57. The van der Waals surface area contributed by atoms with Gasteiger partial charge >= 0.3 is 5.97 Å². The zero-order chi connectivity index (χ0) is 21.8. The number of carbonyl (C=O) groups is 1. The number of nitrogen functional groups attached to an aromatic ring is 1. The van der Waals surface area contributed by atoms with Gasteiger partial charge in [0.2, 0.25) is 0 Å². The molecule has 5 nitrogen and oxygen atoms in total. The zero-order valence-corrected chi connectivity index (χ0v) is 14.0. The number of carbonyl (C=O) groups excluding carboxylic acids is 1. The molecule has 0 amide bonds. The third-order valence-electron chi connectivity index (χ3n) is 4.10. The van der Waals surface area contributed by atoms with Crippen LogP contribution in [-0.2, 0) is 4.74 Å². The van der Waals surface area contributed by atoms with Crippen LogP contribution in [-0.4, -0.2) is 17.6 Å². The van der Waals surface area contributed by atoms with Gasteiger partial charge in [0.15, 0.2) is 46.4 Å². The first kappa shape index (κ1) is 20.0. The molecule has 0 radical (unpaired) electrons. The fourth-order valence-corrected chi connectivity index (χ4v) is 2.77. The highest BCUT2D eigenvalue weighted by Crippen LogP contribution is 2.37. The minimum absolute atomic E-state index is 0.228. The van der Waals surface area contributed by atoms with E-state index in [1.807, 2.05) is 0 Å². The van der Waals surface area contributed by atoms with E-state index < -0.39 is 80.1 Å². The molecule has 3 rings (SSSR count). The Labute approximate surface area is 156 Å². The van der Waals surface area contributed by atoms with Crippen LogP contribution in [0.2, 0.25) is 0 Å². The number of nitriles is 1. The molecule has 12 heteroatoms. The molecule has 2 aromatic carbocycles. The molecule has 0 fully saturated rings. The topological polar surface area (TPSA) is 81.0 Å². The van der Waals surface area contributed by atoms with Crippen molar-refractivity contribution in [2.45, 2.75) is 0 Å². The minimum atomic E-state index is -2.48. The molecule has 29 heavy (non-hydrogen) atoms. The molecule has 0 aliphatic rings. The first-order valence-electron chi connectivity index (χ1n) is 7.40. The Hall–Kier alpha value is -3.75. The van der Waals surface area contributed by atoms with Gasteiger partial charge in [0.1, 0.15) is 11.8 Å². The van der Waals surface area contributed by atoms with Crippen LogP contribution >= 0.6 is 0 Å². The summed E-state index contributed by atoms with van der Waals surface area (Å²) in [5.41, 5.74) is 2.06. The van der Waals surface area contributed by atoms with Gasteiger partial charge in [0.05, 0.1) is 29.1 Å². The zero-order valence-electron chi connectivity index (χ0n) is 14.0. The van der Waals surface area contributed by atoms with Crippen molar-refractivity contribution in [1.29, 1.82) is 5.26 Å². The van der Waals surface area contributed by atoms with Crippen molar-refractivity contribution in [1.82, 2.24) is 4.57 Å². The molecular weight excluding hydrogens is 411 g/mol. The molecule has 0 atom stereocenters. The maximum atomic E-state index is 14.9. The predicted molar refractivity (Wildman–Crippen MR) is 83.4 cm³/mol. The number of hydrogen-bond acceptors (Lipinski definition) is 4. The van der Waals surface area contributed by atoms with E-state index in [1.165, 1.54) is 6.07 Å². The van der Waals surface area contributed by atoms with Crippen LogP contribution in [0.25, 0.3) is 16.5 Å². The number of methoxy groups -OCH3 is 1. The average molecular weight is 417 g/mol. The number of halogens is 7. The summed E-state index contributed by atoms with van der Waals surface area (Å²) >= 11 is 0. The summed E-state index contributed by atoms with van der Waals surface area (Å²) in [6.45, 7) is 0. The van der Waals surface area contributed by atoms with Gasteiger partial charge < -0.3 is 15.0 Å². The quantitative estimate of drug-likeness (QED) is 0.297. The number of anilines is 1. The third-order valence-corrected chi connectivity index (χ3v) is 4.10. The number of benzene rings is 2. The standard InChI is InChI=1S/C17H6F7N3O2/c1-29-17(28)16-14(26)4(2-25)3-27(16)15-10(21)6-5(9(20)13(15)24)7(18)11(22)12(23)8(6)19/h3H,26H2,1H3. The van der Waals surface area contributed by atoms with Crippen LogP contribution in [0, 0.1) is 52.1 Å². The van der Waals surface area contributed by atoms with Crippen molar-refractivity contribution in [2.24, 2.45) is 0 Å².